The maximum absolute atomic E-state index is 12.5. The molecule has 0 unspecified atom stereocenters. The zero-order valence-electron chi connectivity index (χ0n) is 11.0. The van der Waals surface area contributed by atoms with Crippen molar-refractivity contribution in [1.29, 1.82) is 0 Å². The van der Waals surface area contributed by atoms with Crippen LogP contribution in [0.1, 0.15) is 39.1 Å². The maximum Gasteiger partial charge on any atom is 0.264 e. The Balaban J connectivity index is 2.19. The number of thiophene rings is 1. The molecule has 0 saturated carbocycles. The molecule has 6 heteroatoms. The van der Waals surface area contributed by atoms with Gasteiger partial charge in [0.25, 0.3) is 11.8 Å². The van der Waals surface area contributed by atoms with Crippen LogP contribution in [0.4, 0.5) is 0 Å². The topological polar surface area (TPSA) is 89.4 Å². The molecule has 0 bridgehead atoms. The zero-order valence-corrected chi connectivity index (χ0v) is 11.8. The van der Waals surface area contributed by atoms with Crippen molar-refractivity contribution < 1.29 is 9.59 Å². The fourth-order valence-electron chi connectivity index (χ4n) is 2.59. The maximum atomic E-state index is 12.5. The van der Waals surface area contributed by atoms with Crippen LogP contribution in [-0.4, -0.2) is 35.8 Å². The Morgan fingerprint density at radius 3 is 2.68 bits per heavy atom. The molecule has 1 fully saturated rings. The minimum atomic E-state index is -0.494. The number of rotatable bonds is 3. The smallest absolute Gasteiger partial charge is 0.264 e. The summed E-state index contributed by atoms with van der Waals surface area (Å²) in [5.74, 6) is -0.121. The molecule has 19 heavy (non-hydrogen) atoms. The number of amides is 2. The van der Waals surface area contributed by atoms with Gasteiger partial charge in [-0.1, -0.05) is 6.92 Å². The zero-order chi connectivity index (χ0) is 14.0. The molecule has 1 aromatic rings. The Hall–Kier alpha value is -1.40. The molecule has 4 N–H and O–H groups in total. The van der Waals surface area contributed by atoms with E-state index in [4.69, 9.17) is 11.5 Å². The number of hydrogen-bond acceptors (Lipinski definition) is 4. The van der Waals surface area contributed by atoms with E-state index >= 15 is 0 Å². The van der Waals surface area contributed by atoms with Crippen molar-refractivity contribution in [2.75, 3.05) is 13.1 Å². The quantitative estimate of drug-likeness (QED) is 0.867. The highest BCUT2D eigenvalue weighted by molar-refractivity contribution is 7.15. The third-order valence-corrected chi connectivity index (χ3v) is 4.77. The first-order valence-corrected chi connectivity index (χ1v) is 7.27. The van der Waals surface area contributed by atoms with E-state index in [2.05, 4.69) is 6.92 Å². The molecule has 2 atom stereocenters. The van der Waals surface area contributed by atoms with E-state index in [9.17, 15) is 9.59 Å². The minimum absolute atomic E-state index is 0.0421. The highest BCUT2D eigenvalue weighted by Crippen LogP contribution is 2.26. The summed E-state index contributed by atoms with van der Waals surface area (Å²) in [5.41, 5.74) is 11.0. The summed E-state index contributed by atoms with van der Waals surface area (Å²) >= 11 is 1.15. The van der Waals surface area contributed by atoms with Crippen LogP contribution in [-0.2, 0) is 0 Å². The van der Waals surface area contributed by atoms with Gasteiger partial charge < -0.3 is 16.4 Å². The van der Waals surface area contributed by atoms with Crippen molar-refractivity contribution in [1.82, 2.24) is 4.90 Å². The number of nitrogens with two attached hydrogens (primary N) is 2. The second-order valence-corrected chi connectivity index (χ2v) is 6.03. The van der Waals surface area contributed by atoms with Gasteiger partial charge in [0.1, 0.15) is 0 Å². The monoisotopic (exact) mass is 281 g/mol. The molecule has 1 saturated heterocycles. The van der Waals surface area contributed by atoms with Crippen molar-refractivity contribution in [3.8, 4) is 0 Å². The Labute approximate surface area is 116 Å². The van der Waals surface area contributed by atoms with Crippen LogP contribution in [0, 0.1) is 5.92 Å². The predicted octanol–water partition coefficient (Wildman–Crippen LogP) is 1.05. The average molecular weight is 281 g/mol. The van der Waals surface area contributed by atoms with E-state index in [0.717, 1.165) is 30.7 Å². The summed E-state index contributed by atoms with van der Waals surface area (Å²) < 4.78 is 0. The molecule has 1 aromatic heterocycles. The van der Waals surface area contributed by atoms with Gasteiger partial charge in [0.2, 0.25) is 0 Å². The molecule has 1 aliphatic heterocycles. The number of piperidine rings is 1. The van der Waals surface area contributed by atoms with Crippen LogP contribution < -0.4 is 11.5 Å². The van der Waals surface area contributed by atoms with Crippen molar-refractivity contribution in [3.05, 3.63) is 21.9 Å². The molecule has 2 amide bonds. The number of likely N-dealkylation sites (tertiary alicyclic amines) is 1. The van der Waals surface area contributed by atoms with Gasteiger partial charge in [0, 0.05) is 19.1 Å². The number of hydrogen-bond donors (Lipinski definition) is 2. The lowest BCUT2D eigenvalue weighted by atomic mass is 9.90. The molecule has 2 heterocycles. The van der Waals surface area contributed by atoms with Gasteiger partial charge >= 0.3 is 0 Å². The van der Waals surface area contributed by atoms with Crippen molar-refractivity contribution >= 4 is 23.2 Å². The number of carbonyl (C=O) groups excluding carboxylic acids is 2. The van der Waals surface area contributed by atoms with Crippen molar-refractivity contribution in [2.45, 2.75) is 25.8 Å². The number of nitrogens with zero attached hydrogens (tertiary/aromatic N) is 1. The Bertz CT molecular complexity index is 486. The minimum Gasteiger partial charge on any atom is -0.365 e. The van der Waals surface area contributed by atoms with Crippen LogP contribution in [0.3, 0.4) is 0 Å². The van der Waals surface area contributed by atoms with Gasteiger partial charge in [-0.05, 0) is 30.9 Å². The third kappa shape index (κ3) is 2.79. The van der Waals surface area contributed by atoms with Gasteiger partial charge in [0.05, 0.1) is 9.75 Å². The molecule has 0 aliphatic carbocycles. The number of primary amides is 1. The van der Waals surface area contributed by atoms with Crippen molar-refractivity contribution in [2.24, 2.45) is 17.4 Å². The van der Waals surface area contributed by atoms with Crippen LogP contribution in [0.2, 0.25) is 0 Å². The molecular formula is C13H19N3O2S. The van der Waals surface area contributed by atoms with Gasteiger partial charge in [-0.25, -0.2) is 0 Å². The normalized spacial score (nSPS) is 23.4. The lowest BCUT2D eigenvalue weighted by Gasteiger charge is -2.39. The first-order valence-electron chi connectivity index (χ1n) is 6.45. The molecule has 2 rings (SSSR count). The molecule has 5 nitrogen and oxygen atoms in total. The van der Waals surface area contributed by atoms with Crippen molar-refractivity contribution in [3.63, 3.8) is 0 Å². The first kappa shape index (κ1) is 14.0. The SMILES string of the molecule is C[C@H]1CCCN(C(=O)c2ccc(C(N)=O)s2)[C@@H]1CN. The molecular weight excluding hydrogens is 262 g/mol. The van der Waals surface area contributed by atoms with E-state index in [0.29, 0.717) is 22.2 Å². The summed E-state index contributed by atoms with van der Waals surface area (Å²) in [6.07, 6.45) is 2.10. The van der Waals surface area contributed by atoms with Crippen LogP contribution in [0.25, 0.3) is 0 Å². The molecule has 0 radical (unpaired) electrons. The van der Waals surface area contributed by atoms with E-state index in [1.807, 2.05) is 4.90 Å². The Kier molecular flexibility index (Phi) is 4.21. The van der Waals surface area contributed by atoms with E-state index in [1.54, 1.807) is 12.1 Å². The molecule has 1 aliphatic rings. The average Bonchev–Trinajstić information content (AvgIpc) is 2.87. The molecule has 0 aromatic carbocycles. The first-order chi connectivity index (χ1) is 9.04. The van der Waals surface area contributed by atoms with E-state index in [-0.39, 0.29) is 11.9 Å². The number of carbonyl (C=O) groups is 2. The fraction of sp³-hybridized carbons (Fsp3) is 0.538. The van der Waals surface area contributed by atoms with Gasteiger partial charge in [-0.3, -0.25) is 9.59 Å². The predicted molar refractivity (Wildman–Crippen MR) is 75.1 cm³/mol. The summed E-state index contributed by atoms with van der Waals surface area (Å²) in [4.78, 5) is 26.4. The van der Waals surface area contributed by atoms with E-state index < -0.39 is 5.91 Å². The van der Waals surface area contributed by atoms with E-state index in [1.165, 1.54) is 0 Å². The second kappa shape index (κ2) is 5.71. The highest BCUT2D eigenvalue weighted by Gasteiger charge is 2.31. The van der Waals surface area contributed by atoms with Gasteiger partial charge in [-0.2, -0.15) is 0 Å². The summed E-state index contributed by atoms with van der Waals surface area (Å²) in [7, 11) is 0. The van der Waals surface area contributed by atoms with Crippen LogP contribution >= 0.6 is 11.3 Å². The van der Waals surface area contributed by atoms with Gasteiger partial charge in [0.15, 0.2) is 0 Å². The highest BCUT2D eigenvalue weighted by atomic mass is 32.1. The Morgan fingerprint density at radius 1 is 1.42 bits per heavy atom. The fourth-order valence-corrected chi connectivity index (χ4v) is 3.40. The summed E-state index contributed by atoms with van der Waals surface area (Å²) in [5, 5.41) is 0. The van der Waals surface area contributed by atoms with Gasteiger partial charge in [-0.15, -0.1) is 11.3 Å². The third-order valence-electron chi connectivity index (χ3n) is 3.68. The molecule has 0 spiro atoms. The largest absolute Gasteiger partial charge is 0.365 e. The summed E-state index contributed by atoms with van der Waals surface area (Å²) in [6.45, 7) is 3.33. The van der Waals surface area contributed by atoms with Crippen LogP contribution in [0.15, 0.2) is 12.1 Å². The lowest BCUT2D eigenvalue weighted by molar-refractivity contribution is 0.0537. The summed E-state index contributed by atoms with van der Waals surface area (Å²) in [6, 6.07) is 3.35. The Morgan fingerprint density at radius 2 is 2.11 bits per heavy atom. The standard InChI is InChI=1S/C13H19N3O2S/c1-8-3-2-6-16(9(8)7-14)13(18)11-5-4-10(19-11)12(15)17/h4-5,8-9H,2-3,6-7,14H2,1H3,(H2,15,17)/t8-,9+/m0/s1. The lowest BCUT2D eigenvalue weighted by Crippen LogP contribution is -2.51. The second-order valence-electron chi connectivity index (χ2n) is 4.95. The molecule has 104 valence electrons. The van der Waals surface area contributed by atoms with Crippen LogP contribution in [0.5, 0.6) is 0 Å².